The first-order valence-corrected chi connectivity index (χ1v) is 10.3. The Labute approximate surface area is 167 Å². The van der Waals surface area contributed by atoms with Crippen molar-refractivity contribution in [3.63, 3.8) is 0 Å². The fourth-order valence-corrected chi connectivity index (χ4v) is 3.02. The van der Waals surface area contributed by atoms with Crippen molar-refractivity contribution >= 4 is 12.3 Å². The Morgan fingerprint density at radius 1 is 1.00 bits per heavy atom. The monoisotopic (exact) mass is 394 g/mol. The minimum absolute atomic E-state index is 0.0622. The first-order chi connectivity index (χ1) is 13.4. The average Bonchev–Trinajstić information content (AvgIpc) is 2.68. The number of phenols is 3. The minimum Gasteiger partial charge on any atom is -0.504 e. The second-order valence-electron chi connectivity index (χ2n) is 7.54. The van der Waals surface area contributed by atoms with Gasteiger partial charge in [0.15, 0.2) is 17.2 Å². The molecule has 0 spiro atoms. The van der Waals surface area contributed by atoms with Gasteiger partial charge in [-0.1, -0.05) is 58.8 Å². The molecule has 3 N–H and O–H groups in total. The summed E-state index contributed by atoms with van der Waals surface area (Å²) in [5.41, 5.74) is -0.0622. The van der Waals surface area contributed by atoms with Crippen molar-refractivity contribution < 1.29 is 29.6 Å². The number of carbonyl (C=O) groups excluding carboxylic acids is 2. The molecular weight excluding hydrogens is 360 g/mol. The fraction of sp³-hybridized carbons (Fsp3) is 0.636. The van der Waals surface area contributed by atoms with Crippen molar-refractivity contribution in [2.24, 2.45) is 11.8 Å². The molecule has 6 heteroatoms. The Morgan fingerprint density at radius 3 is 2.14 bits per heavy atom. The van der Waals surface area contributed by atoms with Crippen LogP contribution in [0.1, 0.15) is 82.0 Å². The summed E-state index contributed by atoms with van der Waals surface area (Å²) in [4.78, 5) is 23.2. The fourth-order valence-electron chi connectivity index (χ4n) is 3.02. The van der Waals surface area contributed by atoms with E-state index in [2.05, 4.69) is 13.8 Å². The molecule has 0 bridgehead atoms. The molecule has 0 fully saturated rings. The molecule has 0 saturated carbocycles. The van der Waals surface area contributed by atoms with Gasteiger partial charge >= 0.3 is 5.97 Å². The maximum atomic E-state index is 11.9. The van der Waals surface area contributed by atoms with Gasteiger partial charge in [0.2, 0.25) is 0 Å². The summed E-state index contributed by atoms with van der Waals surface area (Å²) in [6, 6.07) is 2.05. The largest absolute Gasteiger partial charge is 0.504 e. The normalized spacial score (nSPS) is 13.1. The molecule has 0 aliphatic carbocycles. The van der Waals surface area contributed by atoms with Gasteiger partial charge < -0.3 is 24.9 Å². The molecule has 0 radical (unpaired) electrons. The molecular formula is C22H34O6. The first-order valence-electron chi connectivity index (χ1n) is 10.3. The molecule has 1 aromatic carbocycles. The van der Waals surface area contributed by atoms with E-state index in [0.29, 0.717) is 6.42 Å². The number of aldehydes is 1. The van der Waals surface area contributed by atoms with E-state index in [1.54, 1.807) is 0 Å². The number of ether oxygens (including phenoxy) is 1. The maximum absolute atomic E-state index is 11.9. The van der Waals surface area contributed by atoms with Crippen LogP contribution in [0.25, 0.3) is 0 Å². The van der Waals surface area contributed by atoms with Gasteiger partial charge in [-0.15, -0.1) is 0 Å². The molecule has 2 atom stereocenters. The number of phenolic OH excluding ortho intramolecular Hbond substituents is 3. The summed E-state index contributed by atoms with van der Waals surface area (Å²) < 4.78 is 5.10. The highest BCUT2D eigenvalue weighted by atomic mass is 16.5. The molecule has 0 amide bonds. The molecule has 28 heavy (non-hydrogen) atoms. The lowest BCUT2D eigenvalue weighted by atomic mass is 9.97. The minimum atomic E-state index is -0.725. The number of rotatable bonds is 14. The third-order valence-corrected chi connectivity index (χ3v) is 5.19. The highest BCUT2D eigenvalue weighted by molar-refractivity contribution is 5.91. The number of esters is 1. The van der Waals surface area contributed by atoms with Crippen LogP contribution in [0.15, 0.2) is 12.1 Å². The van der Waals surface area contributed by atoms with Gasteiger partial charge in [-0.05, 0) is 30.9 Å². The molecule has 1 rings (SSSR count). The Balaban J connectivity index is 2.22. The van der Waals surface area contributed by atoms with Crippen molar-refractivity contribution in [1.29, 1.82) is 0 Å². The van der Waals surface area contributed by atoms with Gasteiger partial charge in [-0.2, -0.15) is 0 Å². The van der Waals surface area contributed by atoms with Crippen LogP contribution in [0.4, 0.5) is 0 Å². The molecule has 0 aromatic heterocycles. The Kier molecular flexibility index (Phi) is 11.1. The van der Waals surface area contributed by atoms with E-state index in [0.717, 1.165) is 43.6 Å². The highest BCUT2D eigenvalue weighted by Crippen LogP contribution is 2.35. The van der Waals surface area contributed by atoms with E-state index in [1.807, 2.05) is 0 Å². The molecule has 0 aliphatic rings. The van der Waals surface area contributed by atoms with Gasteiger partial charge in [-0.3, -0.25) is 0 Å². The van der Waals surface area contributed by atoms with Gasteiger partial charge in [0, 0.05) is 5.92 Å². The number of hydrogen-bond donors (Lipinski definition) is 3. The van der Waals surface area contributed by atoms with E-state index in [9.17, 15) is 24.9 Å². The van der Waals surface area contributed by atoms with Gasteiger partial charge in [0.25, 0.3) is 0 Å². The standard InChI is InChI=1S/C22H34O6/c1-3-16(2)9-7-5-4-6-8-10-17(15-23)11-12-28-22(27)18-13-19(24)21(26)20(25)14-18/h13-17,24-26H,3-12H2,1-2H3. The molecule has 0 saturated heterocycles. The topological polar surface area (TPSA) is 104 Å². The van der Waals surface area contributed by atoms with E-state index >= 15 is 0 Å². The van der Waals surface area contributed by atoms with Crippen LogP contribution >= 0.6 is 0 Å². The van der Waals surface area contributed by atoms with Gasteiger partial charge in [-0.25, -0.2) is 4.79 Å². The first kappa shape index (κ1) is 23.8. The number of unbranched alkanes of at least 4 members (excludes halogenated alkanes) is 4. The number of benzene rings is 1. The molecule has 0 heterocycles. The highest BCUT2D eigenvalue weighted by Gasteiger charge is 2.15. The predicted octanol–water partition coefficient (Wildman–Crippen LogP) is 4.94. The molecule has 6 nitrogen and oxygen atoms in total. The molecule has 2 unspecified atom stereocenters. The molecule has 0 aliphatic heterocycles. The second-order valence-corrected chi connectivity index (χ2v) is 7.54. The van der Waals surface area contributed by atoms with Crippen LogP contribution in [-0.2, 0) is 9.53 Å². The summed E-state index contributed by atoms with van der Waals surface area (Å²) in [6.45, 7) is 4.59. The SMILES string of the molecule is CCC(C)CCCCCCCC(C=O)CCOC(=O)c1cc(O)c(O)c(O)c1. The van der Waals surface area contributed by atoms with Crippen LogP contribution in [0.2, 0.25) is 0 Å². The van der Waals surface area contributed by atoms with Gasteiger partial charge in [0.1, 0.15) is 6.29 Å². The van der Waals surface area contributed by atoms with Crippen LogP contribution in [0.3, 0.4) is 0 Å². The summed E-state index contributed by atoms with van der Waals surface area (Å²) in [5.74, 6) is -1.94. The van der Waals surface area contributed by atoms with Crippen molar-refractivity contribution in [2.75, 3.05) is 6.61 Å². The van der Waals surface area contributed by atoms with Crippen molar-refractivity contribution in [3.8, 4) is 17.2 Å². The van der Waals surface area contributed by atoms with E-state index in [4.69, 9.17) is 4.74 Å². The number of carbonyl (C=O) groups is 2. The van der Waals surface area contributed by atoms with Gasteiger partial charge in [0.05, 0.1) is 12.2 Å². The number of aromatic hydroxyl groups is 3. The van der Waals surface area contributed by atoms with E-state index in [1.165, 1.54) is 32.1 Å². The van der Waals surface area contributed by atoms with E-state index in [-0.39, 0.29) is 18.1 Å². The van der Waals surface area contributed by atoms with Crippen molar-refractivity contribution in [1.82, 2.24) is 0 Å². The van der Waals surface area contributed by atoms with Crippen molar-refractivity contribution in [2.45, 2.75) is 71.6 Å². The third-order valence-electron chi connectivity index (χ3n) is 5.19. The smallest absolute Gasteiger partial charge is 0.338 e. The Morgan fingerprint density at radius 2 is 1.57 bits per heavy atom. The molecule has 158 valence electrons. The lowest BCUT2D eigenvalue weighted by Crippen LogP contribution is -2.11. The predicted molar refractivity (Wildman–Crippen MR) is 108 cm³/mol. The molecule has 1 aromatic rings. The zero-order chi connectivity index (χ0) is 20.9. The second kappa shape index (κ2) is 13.0. The summed E-state index contributed by atoms with van der Waals surface area (Å²) in [7, 11) is 0. The van der Waals surface area contributed by atoms with Crippen LogP contribution in [0.5, 0.6) is 17.2 Å². The quantitative estimate of drug-likeness (QED) is 0.179. The van der Waals surface area contributed by atoms with Crippen LogP contribution in [-0.4, -0.2) is 34.2 Å². The van der Waals surface area contributed by atoms with Crippen LogP contribution in [0, 0.1) is 11.8 Å². The third kappa shape index (κ3) is 8.63. The Bertz CT molecular complexity index is 590. The van der Waals surface area contributed by atoms with Crippen molar-refractivity contribution in [3.05, 3.63) is 17.7 Å². The maximum Gasteiger partial charge on any atom is 0.338 e. The lowest BCUT2D eigenvalue weighted by Gasteiger charge is -2.11. The average molecular weight is 395 g/mol. The summed E-state index contributed by atoms with van der Waals surface area (Å²) in [5, 5.41) is 28.2. The van der Waals surface area contributed by atoms with E-state index < -0.39 is 23.2 Å². The Hall–Kier alpha value is -2.24. The zero-order valence-electron chi connectivity index (χ0n) is 17.0. The summed E-state index contributed by atoms with van der Waals surface area (Å²) >= 11 is 0. The van der Waals surface area contributed by atoms with Crippen LogP contribution < -0.4 is 0 Å². The number of hydrogen-bond acceptors (Lipinski definition) is 6. The zero-order valence-corrected chi connectivity index (χ0v) is 17.0. The lowest BCUT2D eigenvalue weighted by molar-refractivity contribution is -0.111. The summed E-state index contributed by atoms with van der Waals surface area (Å²) in [6.07, 6.45) is 10.4.